The van der Waals surface area contributed by atoms with E-state index in [9.17, 15) is 8.42 Å². The fourth-order valence-corrected chi connectivity index (χ4v) is 6.36. The molecule has 3 nitrogen and oxygen atoms in total. The second-order valence-corrected chi connectivity index (χ2v) is 9.02. The summed E-state index contributed by atoms with van der Waals surface area (Å²) in [6.45, 7) is 4.56. The Kier molecular flexibility index (Phi) is 4.90. The maximum Gasteiger partial charge on any atom is 0.243 e. The third-order valence-corrected chi connectivity index (χ3v) is 7.78. The van der Waals surface area contributed by atoms with Crippen LogP contribution in [0.1, 0.15) is 47.7 Å². The van der Waals surface area contributed by atoms with Crippen molar-refractivity contribution in [3.8, 4) is 0 Å². The summed E-state index contributed by atoms with van der Waals surface area (Å²) < 4.78 is 28.4. The van der Waals surface area contributed by atoms with Gasteiger partial charge in [-0.15, -0.1) is 11.3 Å². The first kappa shape index (κ1) is 16.7. The van der Waals surface area contributed by atoms with Gasteiger partial charge >= 0.3 is 0 Å². The molecule has 0 bridgehead atoms. The molecule has 0 amide bonds. The fourth-order valence-electron chi connectivity index (χ4n) is 3.33. The lowest BCUT2D eigenvalue weighted by Gasteiger charge is -2.29. The summed E-state index contributed by atoms with van der Waals surface area (Å²) in [5.41, 5.74) is 2.02. The van der Waals surface area contributed by atoms with Gasteiger partial charge in [-0.3, -0.25) is 0 Å². The Morgan fingerprint density at radius 3 is 2.52 bits per heavy atom. The van der Waals surface area contributed by atoms with Crippen molar-refractivity contribution >= 4 is 21.4 Å². The maximum atomic E-state index is 13.3. The van der Waals surface area contributed by atoms with E-state index in [0.29, 0.717) is 11.4 Å². The topological polar surface area (TPSA) is 37.4 Å². The SMILES string of the molecule is Cc1ccccc1S(=O)(=O)N1CCCCCC1c1sccc1C. The Hall–Kier alpha value is -1.17. The molecule has 0 spiro atoms. The lowest BCUT2D eigenvalue weighted by molar-refractivity contribution is 0.332. The van der Waals surface area contributed by atoms with Gasteiger partial charge in [0.1, 0.15) is 0 Å². The Morgan fingerprint density at radius 2 is 1.83 bits per heavy atom. The highest BCUT2D eigenvalue weighted by Crippen LogP contribution is 2.38. The maximum absolute atomic E-state index is 13.3. The summed E-state index contributed by atoms with van der Waals surface area (Å²) in [4.78, 5) is 1.64. The number of aryl methyl sites for hydroxylation is 2. The monoisotopic (exact) mass is 349 g/mol. The van der Waals surface area contributed by atoms with Crippen LogP contribution in [0.5, 0.6) is 0 Å². The highest BCUT2D eigenvalue weighted by Gasteiger charge is 2.35. The van der Waals surface area contributed by atoms with E-state index >= 15 is 0 Å². The third-order valence-electron chi connectivity index (χ3n) is 4.59. The molecule has 0 aliphatic carbocycles. The van der Waals surface area contributed by atoms with Crippen molar-refractivity contribution in [3.63, 3.8) is 0 Å². The van der Waals surface area contributed by atoms with Gasteiger partial charge in [0.05, 0.1) is 10.9 Å². The Morgan fingerprint density at radius 1 is 1.04 bits per heavy atom. The smallest absolute Gasteiger partial charge is 0.207 e. The molecule has 2 heterocycles. The van der Waals surface area contributed by atoms with E-state index < -0.39 is 10.0 Å². The lowest BCUT2D eigenvalue weighted by Crippen LogP contribution is -2.35. The molecule has 1 fully saturated rings. The number of hydrogen-bond acceptors (Lipinski definition) is 3. The first-order chi connectivity index (χ1) is 11.0. The van der Waals surface area contributed by atoms with Gasteiger partial charge in [0, 0.05) is 11.4 Å². The minimum absolute atomic E-state index is 0.0258. The predicted molar refractivity (Wildman–Crippen MR) is 95.3 cm³/mol. The normalized spacial score (nSPS) is 20.3. The van der Waals surface area contributed by atoms with Crippen LogP contribution in [0.3, 0.4) is 0 Å². The van der Waals surface area contributed by atoms with Crippen LogP contribution >= 0.6 is 11.3 Å². The van der Waals surface area contributed by atoms with Crippen molar-refractivity contribution < 1.29 is 8.42 Å². The van der Waals surface area contributed by atoms with Crippen LogP contribution in [-0.4, -0.2) is 19.3 Å². The molecule has 0 N–H and O–H groups in total. The number of thiophene rings is 1. The highest BCUT2D eigenvalue weighted by atomic mass is 32.2. The van der Waals surface area contributed by atoms with E-state index in [1.165, 1.54) is 10.4 Å². The molecule has 1 atom stereocenters. The molecule has 5 heteroatoms. The van der Waals surface area contributed by atoms with Gasteiger partial charge in [-0.05, 0) is 55.3 Å². The molecule has 2 aromatic rings. The Bertz CT molecular complexity index is 780. The van der Waals surface area contributed by atoms with Gasteiger partial charge < -0.3 is 0 Å². The van der Waals surface area contributed by atoms with Gasteiger partial charge in [0.15, 0.2) is 0 Å². The molecule has 1 unspecified atom stereocenters. The minimum atomic E-state index is -3.47. The van der Waals surface area contributed by atoms with Crippen LogP contribution in [0.15, 0.2) is 40.6 Å². The molecule has 0 radical (unpaired) electrons. The van der Waals surface area contributed by atoms with Gasteiger partial charge in [-0.2, -0.15) is 4.31 Å². The zero-order valence-corrected chi connectivity index (χ0v) is 15.3. The van der Waals surface area contributed by atoms with E-state index in [-0.39, 0.29) is 6.04 Å². The van der Waals surface area contributed by atoms with Crippen LogP contribution in [-0.2, 0) is 10.0 Å². The number of hydrogen-bond donors (Lipinski definition) is 0. The van der Waals surface area contributed by atoms with Crippen molar-refractivity contribution in [2.45, 2.75) is 50.5 Å². The number of benzene rings is 1. The third kappa shape index (κ3) is 3.23. The van der Waals surface area contributed by atoms with Crippen LogP contribution in [0.2, 0.25) is 0 Å². The van der Waals surface area contributed by atoms with E-state index in [0.717, 1.165) is 31.2 Å². The molecule has 1 aliphatic rings. The lowest BCUT2D eigenvalue weighted by atomic mass is 10.1. The minimum Gasteiger partial charge on any atom is -0.207 e. The number of nitrogens with zero attached hydrogens (tertiary/aromatic N) is 1. The average molecular weight is 350 g/mol. The zero-order chi connectivity index (χ0) is 16.4. The standard InChI is InChI=1S/C18H23NO2S2/c1-14-8-5-6-10-17(14)23(20,21)19-12-7-3-4-9-16(19)18-15(2)11-13-22-18/h5-6,8,10-11,13,16H,3-4,7,9,12H2,1-2H3. The van der Waals surface area contributed by atoms with Gasteiger partial charge in [0.2, 0.25) is 10.0 Å². The first-order valence-corrected chi connectivity index (χ1v) is 10.5. The van der Waals surface area contributed by atoms with Gasteiger partial charge in [-0.1, -0.05) is 31.0 Å². The molecular formula is C18H23NO2S2. The van der Waals surface area contributed by atoms with Crippen molar-refractivity contribution in [2.24, 2.45) is 0 Å². The van der Waals surface area contributed by atoms with Crippen LogP contribution in [0.25, 0.3) is 0 Å². The second kappa shape index (κ2) is 6.75. The number of rotatable bonds is 3. The Balaban J connectivity index is 2.06. The molecule has 1 aliphatic heterocycles. The summed E-state index contributed by atoms with van der Waals surface area (Å²) >= 11 is 1.68. The average Bonchev–Trinajstić information content (AvgIpc) is 2.80. The molecule has 23 heavy (non-hydrogen) atoms. The molecule has 0 saturated carbocycles. The predicted octanol–water partition coefficient (Wildman–Crippen LogP) is 4.67. The molecule has 1 aromatic carbocycles. The van der Waals surface area contributed by atoms with Crippen molar-refractivity contribution in [3.05, 3.63) is 51.7 Å². The number of sulfonamides is 1. The van der Waals surface area contributed by atoms with E-state index in [4.69, 9.17) is 0 Å². The van der Waals surface area contributed by atoms with Crippen LogP contribution < -0.4 is 0 Å². The fraction of sp³-hybridized carbons (Fsp3) is 0.444. The first-order valence-electron chi connectivity index (χ1n) is 8.13. The zero-order valence-electron chi connectivity index (χ0n) is 13.7. The molecule has 1 saturated heterocycles. The van der Waals surface area contributed by atoms with E-state index in [1.807, 2.05) is 25.1 Å². The summed E-state index contributed by atoms with van der Waals surface area (Å²) in [5.74, 6) is 0. The molecule has 1 aromatic heterocycles. The van der Waals surface area contributed by atoms with Gasteiger partial charge in [-0.25, -0.2) is 8.42 Å². The quantitative estimate of drug-likeness (QED) is 0.807. The summed E-state index contributed by atoms with van der Waals surface area (Å²) in [6, 6.07) is 9.36. The van der Waals surface area contributed by atoms with Crippen molar-refractivity contribution in [2.75, 3.05) is 6.54 Å². The summed E-state index contributed by atoms with van der Waals surface area (Å²) in [6.07, 6.45) is 4.03. The second-order valence-electron chi connectivity index (χ2n) is 6.21. The van der Waals surface area contributed by atoms with Crippen LogP contribution in [0, 0.1) is 13.8 Å². The van der Waals surface area contributed by atoms with Crippen LogP contribution in [0.4, 0.5) is 0 Å². The largest absolute Gasteiger partial charge is 0.243 e. The Labute approximate surface area is 143 Å². The summed E-state index contributed by atoms with van der Waals surface area (Å²) in [7, 11) is -3.47. The molecule has 124 valence electrons. The van der Waals surface area contributed by atoms with Crippen molar-refractivity contribution in [1.82, 2.24) is 4.31 Å². The molecular weight excluding hydrogens is 326 g/mol. The summed E-state index contributed by atoms with van der Waals surface area (Å²) in [5, 5.41) is 2.06. The highest BCUT2D eigenvalue weighted by molar-refractivity contribution is 7.89. The van der Waals surface area contributed by atoms with E-state index in [2.05, 4.69) is 18.4 Å². The van der Waals surface area contributed by atoms with Gasteiger partial charge in [0.25, 0.3) is 0 Å². The molecule has 3 rings (SSSR count). The van der Waals surface area contributed by atoms with Crippen molar-refractivity contribution in [1.29, 1.82) is 0 Å². The van der Waals surface area contributed by atoms with E-state index in [1.54, 1.807) is 21.7 Å².